The zero-order valence-corrected chi connectivity index (χ0v) is 12.8. The maximum Gasteiger partial charge on any atom is 0.416 e. The minimum atomic E-state index is -4.30. The molecule has 0 saturated heterocycles. The Morgan fingerprint density at radius 3 is 2.17 bits per heavy atom. The molecule has 0 atom stereocenters. The van der Waals surface area contributed by atoms with E-state index in [4.69, 9.17) is 0 Å². The summed E-state index contributed by atoms with van der Waals surface area (Å²) < 4.78 is 38.3. The summed E-state index contributed by atoms with van der Waals surface area (Å²) in [5, 5.41) is 7.93. The first-order valence-corrected chi connectivity index (χ1v) is 7.55. The Bertz CT molecular complexity index is 814. The third-order valence-electron chi connectivity index (χ3n) is 3.75. The Morgan fingerprint density at radius 1 is 0.792 bits per heavy atom. The van der Waals surface area contributed by atoms with Gasteiger partial charge < -0.3 is 0 Å². The number of halogens is 3. The van der Waals surface area contributed by atoms with Gasteiger partial charge in [0.05, 0.1) is 11.3 Å². The van der Waals surface area contributed by atoms with Crippen LogP contribution in [0.3, 0.4) is 0 Å². The van der Waals surface area contributed by atoms with Crippen molar-refractivity contribution in [3.8, 4) is 11.3 Å². The molecule has 24 heavy (non-hydrogen) atoms. The molecule has 0 unspecified atom stereocenters. The van der Waals surface area contributed by atoms with Gasteiger partial charge in [-0.1, -0.05) is 36.4 Å². The molecule has 5 heteroatoms. The second-order valence-electron chi connectivity index (χ2n) is 5.51. The molecule has 0 saturated carbocycles. The van der Waals surface area contributed by atoms with Gasteiger partial charge in [0, 0.05) is 11.8 Å². The number of nitrogens with zero attached hydrogens (tertiary/aromatic N) is 2. The summed E-state index contributed by atoms with van der Waals surface area (Å²) in [6.45, 7) is 0. The maximum absolute atomic E-state index is 12.8. The summed E-state index contributed by atoms with van der Waals surface area (Å²) in [6.07, 6.45) is -1.48. The SMILES string of the molecule is FC(F)(F)c1cccc(CCc2cccc(-c3cccnn3)c2)c1. The molecule has 0 radical (unpaired) electrons. The molecule has 0 N–H and O–H groups in total. The van der Waals surface area contributed by atoms with E-state index in [0.717, 1.165) is 22.9 Å². The molecule has 1 heterocycles. The fraction of sp³-hybridized carbons (Fsp3) is 0.158. The third kappa shape index (κ3) is 3.98. The van der Waals surface area contributed by atoms with Gasteiger partial charge in [-0.25, -0.2) is 0 Å². The van der Waals surface area contributed by atoms with Crippen molar-refractivity contribution in [3.05, 3.63) is 83.6 Å². The van der Waals surface area contributed by atoms with Gasteiger partial charge in [0.25, 0.3) is 0 Å². The van der Waals surface area contributed by atoms with E-state index in [-0.39, 0.29) is 0 Å². The van der Waals surface area contributed by atoms with Gasteiger partial charge in [-0.15, -0.1) is 0 Å². The minimum absolute atomic E-state index is 0.549. The Morgan fingerprint density at radius 2 is 1.50 bits per heavy atom. The fourth-order valence-corrected chi connectivity index (χ4v) is 2.53. The summed E-state index contributed by atoms with van der Waals surface area (Å²) in [7, 11) is 0. The highest BCUT2D eigenvalue weighted by Gasteiger charge is 2.30. The first kappa shape index (κ1) is 16.2. The van der Waals surface area contributed by atoms with Crippen LogP contribution in [0.15, 0.2) is 66.9 Å². The van der Waals surface area contributed by atoms with Gasteiger partial charge in [-0.2, -0.15) is 23.4 Å². The lowest BCUT2D eigenvalue weighted by Crippen LogP contribution is -2.05. The standard InChI is InChI=1S/C19H15F3N2/c20-19(21,22)17-7-2-5-15(13-17)10-9-14-4-1-6-16(12-14)18-8-3-11-23-24-18/h1-8,11-13H,9-10H2. The van der Waals surface area contributed by atoms with Crippen molar-refractivity contribution < 1.29 is 13.2 Å². The maximum atomic E-state index is 12.8. The summed E-state index contributed by atoms with van der Waals surface area (Å²) in [6, 6.07) is 17.0. The fourth-order valence-electron chi connectivity index (χ4n) is 2.53. The molecule has 0 amide bonds. The smallest absolute Gasteiger partial charge is 0.166 e. The van der Waals surface area contributed by atoms with Crippen LogP contribution in [-0.4, -0.2) is 10.2 Å². The molecule has 0 aliphatic rings. The van der Waals surface area contributed by atoms with E-state index < -0.39 is 11.7 Å². The Labute approximate surface area is 138 Å². The molecule has 3 rings (SSSR count). The zero-order valence-electron chi connectivity index (χ0n) is 12.8. The van der Waals surface area contributed by atoms with Crippen molar-refractivity contribution in [3.63, 3.8) is 0 Å². The molecule has 3 aromatic rings. The summed E-state index contributed by atoms with van der Waals surface area (Å²) in [4.78, 5) is 0. The van der Waals surface area contributed by atoms with Crippen molar-refractivity contribution in [2.45, 2.75) is 19.0 Å². The van der Waals surface area contributed by atoms with Gasteiger partial charge in [-0.05, 0) is 48.2 Å². The molecule has 1 aromatic heterocycles. The number of benzene rings is 2. The number of rotatable bonds is 4. The van der Waals surface area contributed by atoms with Crippen LogP contribution in [0.2, 0.25) is 0 Å². The van der Waals surface area contributed by atoms with E-state index in [1.54, 1.807) is 12.3 Å². The zero-order chi connectivity index (χ0) is 17.0. The quantitative estimate of drug-likeness (QED) is 0.677. The first-order valence-electron chi connectivity index (χ1n) is 7.55. The second kappa shape index (κ2) is 6.83. The highest BCUT2D eigenvalue weighted by Crippen LogP contribution is 2.29. The lowest BCUT2D eigenvalue weighted by Gasteiger charge is -2.09. The van der Waals surface area contributed by atoms with Crippen molar-refractivity contribution in [2.75, 3.05) is 0 Å². The number of hydrogen-bond acceptors (Lipinski definition) is 2. The first-order chi connectivity index (χ1) is 11.5. The summed E-state index contributed by atoms with van der Waals surface area (Å²) >= 11 is 0. The Kier molecular flexibility index (Phi) is 4.60. The normalized spacial score (nSPS) is 11.5. The summed E-state index contributed by atoms with van der Waals surface area (Å²) in [5.74, 6) is 0. The average molecular weight is 328 g/mol. The van der Waals surface area contributed by atoms with Crippen LogP contribution in [0.1, 0.15) is 16.7 Å². The number of aryl methyl sites for hydroxylation is 2. The topological polar surface area (TPSA) is 25.8 Å². The number of hydrogen-bond donors (Lipinski definition) is 0. The highest BCUT2D eigenvalue weighted by molar-refractivity contribution is 5.59. The number of alkyl halides is 3. The van der Waals surface area contributed by atoms with Crippen LogP contribution < -0.4 is 0 Å². The number of aromatic nitrogens is 2. The molecule has 0 aliphatic heterocycles. The van der Waals surface area contributed by atoms with Gasteiger partial charge in [0.1, 0.15) is 0 Å². The predicted octanol–water partition coefficient (Wildman–Crippen LogP) is 4.95. The van der Waals surface area contributed by atoms with Crippen molar-refractivity contribution in [1.29, 1.82) is 0 Å². The highest BCUT2D eigenvalue weighted by atomic mass is 19.4. The van der Waals surface area contributed by atoms with Gasteiger partial charge in [0.15, 0.2) is 0 Å². The molecule has 0 spiro atoms. The van der Waals surface area contributed by atoms with Crippen molar-refractivity contribution in [2.24, 2.45) is 0 Å². The van der Waals surface area contributed by atoms with Gasteiger partial charge in [-0.3, -0.25) is 0 Å². The van der Waals surface area contributed by atoms with Gasteiger partial charge >= 0.3 is 6.18 Å². The van der Waals surface area contributed by atoms with Crippen molar-refractivity contribution in [1.82, 2.24) is 10.2 Å². The van der Waals surface area contributed by atoms with E-state index >= 15 is 0 Å². The molecule has 122 valence electrons. The third-order valence-corrected chi connectivity index (χ3v) is 3.75. The molecule has 0 aliphatic carbocycles. The average Bonchev–Trinajstić information content (AvgIpc) is 2.61. The lowest BCUT2D eigenvalue weighted by molar-refractivity contribution is -0.137. The van der Waals surface area contributed by atoms with Crippen LogP contribution >= 0.6 is 0 Å². The second-order valence-corrected chi connectivity index (χ2v) is 5.51. The van der Waals surface area contributed by atoms with Crippen LogP contribution in [0, 0.1) is 0 Å². The van der Waals surface area contributed by atoms with Crippen LogP contribution in [0.4, 0.5) is 13.2 Å². The lowest BCUT2D eigenvalue weighted by atomic mass is 10.0. The van der Waals surface area contributed by atoms with Crippen molar-refractivity contribution >= 4 is 0 Å². The monoisotopic (exact) mass is 328 g/mol. The van der Waals surface area contributed by atoms with Crippen LogP contribution in [0.5, 0.6) is 0 Å². The molecule has 0 bridgehead atoms. The molecular formula is C19H15F3N2. The van der Waals surface area contributed by atoms with E-state index in [0.29, 0.717) is 18.4 Å². The Hall–Kier alpha value is -2.69. The largest absolute Gasteiger partial charge is 0.416 e. The molecule has 0 fully saturated rings. The minimum Gasteiger partial charge on any atom is -0.166 e. The van der Waals surface area contributed by atoms with E-state index in [1.807, 2.05) is 36.4 Å². The molecule has 2 aromatic carbocycles. The van der Waals surface area contributed by atoms with E-state index in [1.165, 1.54) is 12.1 Å². The van der Waals surface area contributed by atoms with Crippen LogP contribution in [0.25, 0.3) is 11.3 Å². The molecular weight excluding hydrogens is 313 g/mol. The summed E-state index contributed by atoms with van der Waals surface area (Å²) in [5.41, 5.74) is 2.85. The van der Waals surface area contributed by atoms with Crippen LogP contribution in [-0.2, 0) is 19.0 Å². The van der Waals surface area contributed by atoms with E-state index in [2.05, 4.69) is 10.2 Å². The molecule has 2 nitrogen and oxygen atoms in total. The predicted molar refractivity (Wildman–Crippen MR) is 86.3 cm³/mol. The van der Waals surface area contributed by atoms with Gasteiger partial charge in [0.2, 0.25) is 0 Å². The Balaban J connectivity index is 1.74. The van der Waals surface area contributed by atoms with E-state index in [9.17, 15) is 13.2 Å².